The van der Waals surface area contributed by atoms with Gasteiger partial charge in [-0.15, -0.1) is 0 Å². The van der Waals surface area contributed by atoms with E-state index in [1.165, 1.54) is 18.2 Å². The fourth-order valence-corrected chi connectivity index (χ4v) is 1.87. The summed E-state index contributed by atoms with van der Waals surface area (Å²) in [7, 11) is 2.06. The highest BCUT2D eigenvalue weighted by Crippen LogP contribution is 2.16. The minimum absolute atomic E-state index is 0.0410. The number of rotatable bonds is 7. The first-order valence-corrected chi connectivity index (χ1v) is 6.99. The summed E-state index contributed by atoms with van der Waals surface area (Å²) in [5.41, 5.74) is 6.02. The molecule has 1 amide bonds. The fourth-order valence-electron chi connectivity index (χ4n) is 1.87. The largest absolute Gasteiger partial charge is 0.396 e. The van der Waals surface area contributed by atoms with Gasteiger partial charge in [0.2, 0.25) is 5.91 Å². The van der Waals surface area contributed by atoms with E-state index in [0.717, 1.165) is 19.4 Å². The molecule has 112 valence electrons. The van der Waals surface area contributed by atoms with Crippen molar-refractivity contribution in [3.05, 3.63) is 24.0 Å². The van der Waals surface area contributed by atoms with Crippen molar-refractivity contribution in [1.29, 1.82) is 0 Å². The summed E-state index contributed by atoms with van der Waals surface area (Å²) < 4.78 is 13.0. The molecule has 0 fully saturated rings. The highest BCUT2D eigenvalue weighted by atomic mass is 19.1. The van der Waals surface area contributed by atoms with Gasteiger partial charge >= 0.3 is 0 Å². The normalized spacial score (nSPS) is 12.4. The van der Waals surface area contributed by atoms with Crippen molar-refractivity contribution in [2.75, 3.05) is 24.6 Å². The summed E-state index contributed by atoms with van der Waals surface area (Å²) in [5.74, 6) is -0.549. The molecule has 4 nitrogen and oxygen atoms in total. The van der Waals surface area contributed by atoms with E-state index in [9.17, 15) is 9.18 Å². The number of anilines is 2. The number of hydrogen-bond acceptors (Lipinski definition) is 3. The maximum atomic E-state index is 13.0. The number of carbonyl (C=O) groups is 1. The number of benzene rings is 1. The van der Waals surface area contributed by atoms with Gasteiger partial charge in [-0.05, 0) is 51.6 Å². The average molecular weight is 281 g/mol. The molecule has 0 aliphatic rings. The maximum Gasteiger partial charge on any atom is 0.224 e. The second-order valence-corrected chi connectivity index (χ2v) is 5.13. The summed E-state index contributed by atoms with van der Waals surface area (Å²) in [6.45, 7) is 5.20. The summed E-state index contributed by atoms with van der Waals surface area (Å²) >= 11 is 0. The van der Waals surface area contributed by atoms with Crippen LogP contribution in [0.4, 0.5) is 15.8 Å². The van der Waals surface area contributed by atoms with Crippen LogP contribution in [-0.2, 0) is 4.79 Å². The molecule has 1 atom stereocenters. The van der Waals surface area contributed by atoms with Crippen LogP contribution in [0.2, 0.25) is 0 Å². The molecule has 1 aromatic rings. The van der Waals surface area contributed by atoms with Gasteiger partial charge in [0.05, 0.1) is 5.69 Å². The molecule has 1 rings (SSSR count). The van der Waals surface area contributed by atoms with Crippen LogP contribution in [0.25, 0.3) is 0 Å². The van der Waals surface area contributed by atoms with Crippen LogP contribution < -0.4 is 11.1 Å². The molecule has 0 heterocycles. The molecule has 1 unspecified atom stereocenters. The molecule has 5 heteroatoms. The Balaban J connectivity index is 2.35. The Labute approximate surface area is 120 Å². The van der Waals surface area contributed by atoms with Crippen molar-refractivity contribution < 1.29 is 9.18 Å². The zero-order valence-corrected chi connectivity index (χ0v) is 12.4. The third kappa shape index (κ3) is 5.17. The van der Waals surface area contributed by atoms with Gasteiger partial charge < -0.3 is 16.0 Å². The zero-order valence-electron chi connectivity index (χ0n) is 12.4. The van der Waals surface area contributed by atoms with Gasteiger partial charge in [0.25, 0.3) is 0 Å². The van der Waals surface area contributed by atoms with E-state index < -0.39 is 5.82 Å². The van der Waals surface area contributed by atoms with Crippen LogP contribution in [-0.4, -0.2) is 30.4 Å². The highest BCUT2D eigenvalue weighted by Gasteiger charge is 2.08. The Morgan fingerprint density at radius 3 is 2.80 bits per heavy atom. The number of carbonyl (C=O) groups excluding carboxylic acids is 1. The van der Waals surface area contributed by atoms with E-state index in [1.807, 2.05) is 0 Å². The number of nitrogens with two attached hydrogens (primary N) is 1. The number of nitrogen functional groups attached to an aromatic ring is 1. The Morgan fingerprint density at radius 2 is 2.20 bits per heavy atom. The summed E-state index contributed by atoms with van der Waals surface area (Å²) in [4.78, 5) is 14.0. The fraction of sp³-hybridized carbons (Fsp3) is 0.533. The Hall–Kier alpha value is -1.62. The number of nitrogens with one attached hydrogen (secondary N) is 1. The number of hydrogen-bond donors (Lipinski definition) is 2. The van der Waals surface area contributed by atoms with Gasteiger partial charge in [-0.3, -0.25) is 4.79 Å². The zero-order chi connectivity index (χ0) is 15.1. The van der Waals surface area contributed by atoms with Gasteiger partial charge in [0.15, 0.2) is 0 Å². The van der Waals surface area contributed by atoms with E-state index >= 15 is 0 Å². The van der Waals surface area contributed by atoms with E-state index in [0.29, 0.717) is 18.2 Å². The number of amides is 1. The average Bonchev–Trinajstić information content (AvgIpc) is 2.41. The summed E-state index contributed by atoms with van der Waals surface area (Å²) in [6, 6.07) is 4.71. The second kappa shape index (κ2) is 7.85. The van der Waals surface area contributed by atoms with Crippen LogP contribution in [0.15, 0.2) is 18.2 Å². The van der Waals surface area contributed by atoms with Gasteiger partial charge in [0, 0.05) is 18.2 Å². The molecule has 0 saturated heterocycles. The molecule has 0 spiro atoms. The van der Waals surface area contributed by atoms with Crippen molar-refractivity contribution >= 4 is 17.3 Å². The molecular weight excluding hydrogens is 257 g/mol. The monoisotopic (exact) mass is 281 g/mol. The lowest BCUT2D eigenvalue weighted by molar-refractivity contribution is -0.116. The molecular formula is C15H24FN3O. The van der Waals surface area contributed by atoms with Gasteiger partial charge in [-0.25, -0.2) is 4.39 Å². The van der Waals surface area contributed by atoms with Crippen LogP contribution in [0.5, 0.6) is 0 Å². The topological polar surface area (TPSA) is 58.4 Å². The first-order valence-electron chi connectivity index (χ1n) is 6.99. The van der Waals surface area contributed by atoms with E-state index in [1.54, 1.807) is 0 Å². The molecule has 0 bridgehead atoms. The smallest absolute Gasteiger partial charge is 0.224 e. The molecule has 1 aromatic carbocycles. The predicted molar refractivity (Wildman–Crippen MR) is 81.1 cm³/mol. The minimum atomic E-state index is -0.474. The van der Waals surface area contributed by atoms with E-state index in [-0.39, 0.29) is 11.6 Å². The van der Waals surface area contributed by atoms with Gasteiger partial charge in [0.1, 0.15) is 5.82 Å². The highest BCUT2D eigenvalue weighted by molar-refractivity contribution is 5.91. The molecule has 20 heavy (non-hydrogen) atoms. The molecule has 0 aliphatic heterocycles. The first-order chi connectivity index (χ1) is 9.43. The van der Waals surface area contributed by atoms with Crippen molar-refractivity contribution in [2.45, 2.75) is 39.2 Å². The SMILES string of the molecule is CCC(C)N(C)CCCC(=O)Nc1ccc(F)c(N)c1. The third-order valence-corrected chi connectivity index (χ3v) is 3.54. The van der Waals surface area contributed by atoms with Crippen LogP contribution in [0, 0.1) is 5.82 Å². The van der Waals surface area contributed by atoms with E-state index in [2.05, 4.69) is 31.1 Å². The van der Waals surface area contributed by atoms with Crippen molar-refractivity contribution in [3.8, 4) is 0 Å². The number of nitrogens with zero attached hydrogens (tertiary/aromatic N) is 1. The molecule has 0 aromatic heterocycles. The Morgan fingerprint density at radius 1 is 1.50 bits per heavy atom. The summed E-state index contributed by atoms with van der Waals surface area (Å²) in [6.07, 6.45) is 2.33. The minimum Gasteiger partial charge on any atom is -0.396 e. The van der Waals surface area contributed by atoms with Gasteiger partial charge in [-0.1, -0.05) is 6.92 Å². The Kier molecular flexibility index (Phi) is 6.45. The Bertz CT molecular complexity index is 451. The van der Waals surface area contributed by atoms with Crippen LogP contribution in [0.3, 0.4) is 0 Å². The standard InChI is InChI=1S/C15H24FN3O/c1-4-11(2)19(3)9-5-6-15(20)18-12-7-8-13(16)14(17)10-12/h7-8,10-11H,4-6,9,17H2,1-3H3,(H,18,20). The number of halogens is 1. The third-order valence-electron chi connectivity index (χ3n) is 3.54. The van der Waals surface area contributed by atoms with Crippen molar-refractivity contribution in [2.24, 2.45) is 0 Å². The molecule has 0 radical (unpaired) electrons. The lowest BCUT2D eigenvalue weighted by atomic mass is 10.2. The molecule has 0 aliphatic carbocycles. The lowest BCUT2D eigenvalue weighted by Gasteiger charge is -2.23. The van der Waals surface area contributed by atoms with Crippen LogP contribution in [0.1, 0.15) is 33.1 Å². The lowest BCUT2D eigenvalue weighted by Crippen LogP contribution is -2.29. The van der Waals surface area contributed by atoms with Crippen molar-refractivity contribution in [3.63, 3.8) is 0 Å². The maximum absolute atomic E-state index is 13.0. The van der Waals surface area contributed by atoms with E-state index in [4.69, 9.17) is 5.73 Å². The second-order valence-electron chi connectivity index (χ2n) is 5.13. The summed E-state index contributed by atoms with van der Waals surface area (Å²) in [5, 5.41) is 2.72. The van der Waals surface area contributed by atoms with Crippen LogP contribution >= 0.6 is 0 Å². The predicted octanol–water partition coefficient (Wildman–Crippen LogP) is 2.86. The molecule has 0 saturated carbocycles. The van der Waals surface area contributed by atoms with Crippen molar-refractivity contribution in [1.82, 2.24) is 4.90 Å². The first kappa shape index (κ1) is 16.4. The molecule has 3 N–H and O–H groups in total. The van der Waals surface area contributed by atoms with Gasteiger partial charge in [-0.2, -0.15) is 0 Å². The quantitative estimate of drug-likeness (QED) is 0.756.